The van der Waals surface area contributed by atoms with E-state index in [1.54, 1.807) is 12.1 Å². The van der Waals surface area contributed by atoms with Crippen LogP contribution in [-0.2, 0) is 9.53 Å². The Morgan fingerprint density at radius 3 is 2.95 bits per heavy atom. The van der Waals surface area contributed by atoms with Gasteiger partial charge in [0, 0.05) is 18.8 Å². The summed E-state index contributed by atoms with van der Waals surface area (Å²) in [5.41, 5.74) is 0.402. The summed E-state index contributed by atoms with van der Waals surface area (Å²) in [6.45, 7) is 2.98. The van der Waals surface area contributed by atoms with E-state index in [2.05, 4.69) is 4.98 Å². The van der Waals surface area contributed by atoms with E-state index in [-0.39, 0.29) is 19.1 Å². The number of morpholine rings is 1. The number of nitrogens with zero attached hydrogens (tertiary/aromatic N) is 2. The Balaban J connectivity index is 2.04. The summed E-state index contributed by atoms with van der Waals surface area (Å²) >= 11 is 0. The van der Waals surface area contributed by atoms with E-state index in [1.165, 1.54) is 11.1 Å². The van der Waals surface area contributed by atoms with Gasteiger partial charge < -0.3 is 19.5 Å². The van der Waals surface area contributed by atoms with Crippen LogP contribution in [0.25, 0.3) is 0 Å². The summed E-state index contributed by atoms with van der Waals surface area (Å²) in [6.07, 6.45) is 0.460. The van der Waals surface area contributed by atoms with Gasteiger partial charge >= 0.3 is 5.97 Å². The van der Waals surface area contributed by atoms with Crippen LogP contribution >= 0.6 is 0 Å². The molecule has 0 aromatic carbocycles. The van der Waals surface area contributed by atoms with Crippen LogP contribution in [0.2, 0.25) is 0 Å². The number of carbonyl (C=O) groups excluding carboxylic acids is 1. The van der Waals surface area contributed by atoms with Crippen LogP contribution in [0.3, 0.4) is 0 Å². The van der Waals surface area contributed by atoms with Crippen molar-refractivity contribution in [3.63, 3.8) is 0 Å². The highest BCUT2D eigenvalue weighted by Gasteiger charge is 2.29. The molecule has 1 aromatic rings. The normalized spacial score (nSPS) is 18.6. The van der Waals surface area contributed by atoms with E-state index in [0.717, 1.165) is 0 Å². The Labute approximate surface area is 116 Å². The number of rotatable bonds is 4. The van der Waals surface area contributed by atoms with Crippen molar-refractivity contribution < 1.29 is 24.2 Å². The van der Waals surface area contributed by atoms with E-state index < -0.39 is 12.1 Å². The van der Waals surface area contributed by atoms with Crippen LogP contribution in [0, 0.1) is 0 Å². The minimum absolute atomic E-state index is 0.0430. The number of amides is 1. The first-order valence-electron chi connectivity index (χ1n) is 6.34. The highest BCUT2D eigenvalue weighted by atomic mass is 16.5. The van der Waals surface area contributed by atoms with Crippen molar-refractivity contribution in [1.82, 2.24) is 9.88 Å². The lowest BCUT2D eigenvalue weighted by molar-refractivity contribution is -0.154. The van der Waals surface area contributed by atoms with Gasteiger partial charge in [0.05, 0.1) is 25.3 Å². The van der Waals surface area contributed by atoms with Crippen LogP contribution in [0.1, 0.15) is 17.3 Å². The molecular formula is C13H16N2O5. The number of pyridine rings is 1. The van der Waals surface area contributed by atoms with Gasteiger partial charge in [0.1, 0.15) is 0 Å². The van der Waals surface area contributed by atoms with Gasteiger partial charge in [-0.1, -0.05) is 0 Å². The molecule has 1 atom stereocenters. The second-order valence-corrected chi connectivity index (χ2v) is 4.27. The van der Waals surface area contributed by atoms with Gasteiger partial charge in [-0.05, 0) is 13.0 Å². The van der Waals surface area contributed by atoms with Crippen molar-refractivity contribution >= 4 is 11.9 Å². The number of aromatic nitrogens is 1. The topological polar surface area (TPSA) is 89.0 Å². The molecule has 1 saturated heterocycles. The van der Waals surface area contributed by atoms with Crippen molar-refractivity contribution in [2.24, 2.45) is 0 Å². The lowest BCUT2D eigenvalue weighted by Gasteiger charge is -2.30. The highest BCUT2D eigenvalue weighted by Crippen LogP contribution is 2.13. The first kappa shape index (κ1) is 14.3. The number of ether oxygens (including phenoxy) is 2. The van der Waals surface area contributed by atoms with Crippen LogP contribution in [-0.4, -0.2) is 59.3 Å². The molecule has 0 bridgehead atoms. The van der Waals surface area contributed by atoms with Crippen LogP contribution in [0.5, 0.6) is 5.88 Å². The van der Waals surface area contributed by atoms with Gasteiger partial charge in [0.2, 0.25) is 5.88 Å². The van der Waals surface area contributed by atoms with Crippen molar-refractivity contribution in [2.75, 3.05) is 26.3 Å². The first-order valence-corrected chi connectivity index (χ1v) is 6.34. The van der Waals surface area contributed by atoms with Crippen molar-refractivity contribution in [3.8, 4) is 5.88 Å². The van der Waals surface area contributed by atoms with E-state index >= 15 is 0 Å². The quantitative estimate of drug-likeness (QED) is 0.859. The molecule has 1 aliphatic heterocycles. The zero-order chi connectivity index (χ0) is 14.5. The molecular weight excluding hydrogens is 264 g/mol. The van der Waals surface area contributed by atoms with Gasteiger partial charge in [-0.25, -0.2) is 9.78 Å². The third-order valence-electron chi connectivity index (χ3n) is 2.90. The van der Waals surface area contributed by atoms with E-state index in [9.17, 15) is 9.59 Å². The van der Waals surface area contributed by atoms with Gasteiger partial charge in [-0.2, -0.15) is 0 Å². The summed E-state index contributed by atoms with van der Waals surface area (Å²) in [5, 5.41) is 8.91. The molecule has 0 saturated carbocycles. The molecule has 108 valence electrons. The smallest absolute Gasteiger partial charge is 0.334 e. The van der Waals surface area contributed by atoms with Crippen molar-refractivity contribution in [2.45, 2.75) is 13.0 Å². The maximum Gasteiger partial charge on any atom is 0.334 e. The second-order valence-electron chi connectivity index (χ2n) is 4.27. The molecule has 1 N–H and O–H groups in total. The second kappa shape index (κ2) is 6.33. The van der Waals surface area contributed by atoms with Gasteiger partial charge in [-0.3, -0.25) is 4.79 Å². The Kier molecular flexibility index (Phi) is 4.52. The van der Waals surface area contributed by atoms with Gasteiger partial charge in [0.25, 0.3) is 5.91 Å². The minimum atomic E-state index is -1.06. The predicted octanol–water partition coefficient (Wildman–Crippen LogP) is 0.406. The average molecular weight is 280 g/mol. The molecule has 2 rings (SSSR count). The molecule has 0 radical (unpaired) electrons. The molecule has 0 aliphatic carbocycles. The van der Waals surface area contributed by atoms with Gasteiger partial charge in [-0.15, -0.1) is 0 Å². The molecule has 1 amide bonds. The van der Waals surface area contributed by atoms with Crippen LogP contribution in [0.15, 0.2) is 18.3 Å². The van der Waals surface area contributed by atoms with Gasteiger partial charge in [0.15, 0.2) is 6.10 Å². The van der Waals surface area contributed by atoms with Crippen molar-refractivity contribution in [1.29, 1.82) is 0 Å². The van der Waals surface area contributed by atoms with Crippen LogP contribution < -0.4 is 4.74 Å². The number of carbonyl (C=O) groups is 2. The number of carboxylic acids is 1. The molecule has 7 nitrogen and oxygen atoms in total. The average Bonchev–Trinajstić information content (AvgIpc) is 2.48. The Morgan fingerprint density at radius 1 is 1.55 bits per heavy atom. The third kappa shape index (κ3) is 3.24. The zero-order valence-electron chi connectivity index (χ0n) is 11.1. The standard InChI is InChI=1S/C13H16N2O5/c1-2-19-11-4-3-9(7-14-11)12(16)15-5-6-20-10(8-15)13(17)18/h3-4,7,10H,2,5-6,8H2,1H3,(H,17,18)/t10-/m1/s1. The Bertz CT molecular complexity index is 488. The summed E-state index contributed by atoms with van der Waals surface area (Å²) in [7, 11) is 0. The highest BCUT2D eigenvalue weighted by molar-refractivity contribution is 5.94. The minimum Gasteiger partial charge on any atom is -0.479 e. The summed E-state index contributed by atoms with van der Waals surface area (Å²) in [5.74, 6) is -0.864. The zero-order valence-corrected chi connectivity index (χ0v) is 11.1. The fourth-order valence-corrected chi connectivity index (χ4v) is 1.91. The maximum atomic E-state index is 12.2. The number of hydrogen-bond donors (Lipinski definition) is 1. The van der Waals surface area contributed by atoms with Crippen LogP contribution in [0.4, 0.5) is 0 Å². The third-order valence-corrected chi connectivity index (χ3v) is 2.90. The summed E-state index contributed by atoms with van der Waals surface area (Å²) < 4.78 is 10.3. The Hall–Kier alpha value is -2.15. The number of carboxylic acid groups (broad SMARTS) is 1. The Morgan fingerprint density at radius 2 is 2.35 bits per heavy atom. The number of hydrogen-bond acceptors (Lipinski definition) is 5. The molecule has 0 unspecified atom stereocenters. The summed E-state index contributed by atoms with van der Waals surface area (Å²) in [4.78, 5) is 28.6. The molecule has 1 aromatic heterocycles. The predicted molar refractivity (Wildman–Crippen MR) is 68.7 cm³/mol. The van der Waals surface area contributed by atoms with E-state index in [0.29, 0.717) is 24.6 Å². The molecule has 20 heavy (non-hydrogen) atoms. The lowest BCUT2D eigenvalue weighted by atomic mass is 10.2. The SMILES string of the molecule is CCOc1ccc(C(=O)N2CCO[C@@H](C(=O)O)C2)cn1. The molecule has 7 heteroatoms. The molecule has 1 fully saturated rings. The molecule has 0 spiro atoms. The lowest BCUT2D eigenvalue weighted by Crippen LogP contribution is -2.48. The fourth-order valence-electron chi connectivity index (χ4n) is 1.91. The van der Waals surface area contributed by atoms with Crippen molar-refractivity contribution in [3.05, 3.63) is 23.9 Å². The van der Waals surface area contributed by atoms with E-state index in [4.69, 9.17) is 14.6 Å². The number of aliphatic carboxylic acids is 1. The van der Waals surface area contributed by atoms with E-state index in [1.807, 2.05) is 6.92 Å². The molecule has 2 heterocycles. The fraction of sp³-hybridized carbons (Fsp3) is 0.462. The summed E-state index contributed by atoms with van der Waals surface area (Å²) in [6, 6.07) is 3.23. The maximum absolute atomic E-state index is 12.2. The monoisotopic (exact) mass is 280 g/mol. The molecule has 1 aliphatic rings. The first-order chi connectivity index (χ1) is 9.61. The largest absolute Gasteiger partial charge is 0.479 e.